The first-order chi connectivity index (χ1) is 18.0. The fourth-order valence-electron chi connectivity index (χ4n) is 6.28. The first-order valence-electron chi connectivity index (χ1n) is 13.2. The Bertz CT molecular complexity index is 1290. The number of nitrogens with one attached hydrogen (secondary N) is 1. The number of carbonyl (C=O) groups excluding carboxylic acids is 2. The van der Waals surface area contributed by atoms with Crippen molar-refractivity contribution >= 4 is 28.9 Å². The molecule has 0 saturated carbocycles. The highest BCUT2D eigenvalue weighted by Crippen LogP contribution is 2.50. The molecule has 3 unspecified atom stereocenters. The van der Waals surface area contributed by atoms with Crippen LogP contribution < -0.4 is 21.0 Å². The maximum atomic E-state index is 14.0. The molecule has 37 heavy (non-hydrogen) atoms. The number of amides is 2. The van der Waals surface area contributed by atoms with Gasteiger partial charge in [0.05, 0.1) is 16.8 Å². The topological polar surface area (TPSA) is 107 Å². The fourth-order valence-corrected chi connectivity index (χ4v) is 6.28. The summed E-state index contributed by atoms with van der Waals surface area (Å²) in [6.45, 7) is 8.08. The second kappa shape index (κ2) is 9.39. The highest BCUT2D eigenvalue weighted by Gasteiger charge is 2.44. The second-order valence-corrected chi connectivity index (χ2v) is 10.4. The number of piperidine rings is 1. The van der Waals surface area contributed by atoms with E-state index in [4.69, 9.17) is 5.73 Å². The summed E-state index contributed by atoms with van der Waals surface area (Å²) >= 11 is 0. The molecule has 2 aromatic carbocycles. The molecular formula is C28H33N7O2. The minimum atomic E-state index is -0.585. The number of urea groups is 1. The Kier molecular flexibility index (Phi) is 6.04. The van der Waals surface area contributed by atoms with Gasteiger partial charge in [0.2, 0.25) is 0 Å². The summed E-state index contributed by atoms with van der Waals surface area (Å²) in [6.07, 6.45) is 3.03. The average Bonchev–Trinajstić information content (AvgIpc) is 3.47. The first kappa shape index (κ1) is 23.8. The van der Waals surface area contributed by atoms with Crippen molar-refractivity contribution in [3.63, 3.8) is 0 Å². The van der Waals surface area contributed by atoms with Gasteiger partial charge >= 0.3 is 6.03 Å². The predicted octanol–water partition coefficient (Wildman–Crippen LogP) is 4.27. The lowest BCUT2D eigenvalue weighted by atomic mass is 9.99. The quantitative estimate of drug-likeness (QED) is 0.653. The van der Waals surface area contributed by atoms with Crippen molar-refractivity contribution in [2.45, 2.75) is 51.2 Å². The molecule has 0 bridgehead atoms. The number of Topliss-reactive ketones (excluding diaryl/α,β-unsaturated/α-hetero) is 1. The zero-order valence-electron chi connectivity index (χ0n) is 21.4. The Labute approximate surface area is 217 Å². The third-order valence-corrected chi connectivity index (χ3v) is 8.08. The largest absolute Gasteiger partial charge is 0.369 e. The molecule has 0 aromatic heterocycles. The number of hydrogen-bond acceptors (Lipinski definition) is 7. The number of primary amides is 1. The molecule has 2 fully saturated rings. The standard InChI is InChI=1S/C28H33N7O2/c1-17-5-3-6-18(2)34(17)35(28(29)37)22-8-4-7-21-23(22)27(36)24-25(31-32-26(21)24)19-9-11-20(12-10-19)33-15-13-30-14-16-33/h4,7-12,17-18,26,30H,3,5-6,13-16H2,1-2H3,(H2,29,37). The summed E-state index contributed by atoms with van der Waals surface area (Å²) in [6, 6.07) is 13.0. The van der Waals surface area contributed by atoms with Gasteiger partial charge in [-0.2, -0.15) is 10.2 Å². The molecular weight excluding hydrogens is 466 g/mol. The van der Waals surface area contributed by atoms with Gasteiger partial charge in [0.25, 0.3) is 0 Å². The van der Waals surface area contributed by atoms with E-state index in [0.29, 0.717) is 22.5 Å². The van der Waals surface area contributed by atoms with E-state index >= 15 is 0 Å². The number of anilines is 2. The number of carbonyl (C=O) groups is 2. The Balaban J connectivity index is 1.38. The molecule has 192 valence electrons. The SMILES string of the molecule is CC1CCCC(C)N1N(C(N)=O)c1cccc2c1C(=O)C1=C(c3ccc(N4CCNCC4)cc3)N=NC12. The van der Waals surface area contributed by atoms with E-state index in [1.807, 2.05) is 35.3 Å². The summed E-state index contributed by atoms with van der Waals surface area (Å²) in [5.74, 6) is -0.134. The molecule has 6 rings (SSSR count). The van der Waals surface area contributed by atoms with E-state index in [0.717, 1.165) is 62.3 Å². The van der Waals surface area contributed by atoms with Crippen molar-refractivity contribution in [1.82, 2.24) is 10.3 Å². The van der Waals surface area contributed by atoms with Gasteiger partial charge in [0.15, 0.2) is 5.78 Å². The van der Waals surface area contributed by atoms with Crippen LogP contribution in [0.2, 0.25) is 0 Å². The Morgan fingerprint density at radius 1 is 1.05 bits per heavy atom. The lowest BCUT2D eigenvalue weighted by Gasteiger charge is -2.45. The third kappa shape index (κ3) is 3.93. The minimum Gasteiger partial charge on any atom is -0.369 e. The molecule has 3 heterocycles. The van der Waals surface area contributed by atoms with Gasteiger partial charge in [0, 0.05) is 49.5 Å². The minimum absolute atomic E-state index is 0.131. The van der Waals surface area contributed by atoms with Crippen molar-refractivity contribution in [2.75, 3.05) is 36.1 Å². The molecule has 3 N–H and O–H groups in total. The van der Waals surface area contributed by atoms with Gasteiger partial charge in [-0.1, -0.05) is 30.7 Å². The fraction of sp³-hybridized carbons (Fsp3) is 0.429. The number of hydrogen-bond donors (Lipinski definition) is 2. The lowest BCUT2D eigenvalue weighted by Crippen LogP contribution is -2.58. The van der Waals surface area contributed by atoms with E-state index in [-0.39, 0.29) is 17.9 Å². The summed E-state index contributed by atoms with van der Waals surface area (Å²) in [5.41, 5.74) is 11.0. The van der Waals surface area contributed by atoms with Crippen LogP contribution in [-0.4, -0.2) is 55.1 Å². The van der Waals surface area contributed by atoms with Crippen molar-refractivity contribution in [2.24, 2.45) is 16.0 Å². The number of hydrazine groups is 1. The van der Waals surface area contributed by atoms with Gasteiger partial charge in [0.1, 0.15) is 11.7 Å². The van der Waals surface area contributed by atoms with Crippen molar-refractivity contribution in [1.29, 1.82) is 0 Å². The maximum Gasteiger partial charge on any atom is 0.334 e. The molecule has 2 aromatic rings. The molecule has 2 amide bonds. The number of nitrogens with two attached hydrogens (primary N) is 1. The number of fused-ring (bicyclic) bond motifs is 3. The number of rotatable bonds is 4. The van der Waals surface area contributed by atoms with Gasteiger partial charge in [-0.05, 0) is 50.5 Å². The normalized spacial score (nSPS) is 25.4. The van der Waals surface area contributed by atoms with E-state index in [2.05, 4.69) is 46.4 Å². The van der Waals surface area contributed by atoms with Crippen LogP contribution in [0.4, 0.5) is 16.2 Å². The average molecular weight is 500 g/mol. The monoisotopic (exact) mass is 499 g/mol. The van der Waals surface area contributed by atoms with E-state index < -0.39 is 12.1 Å². The van der Waals surface area contributed by atoms with Crippen molar-refractivity contribution in [3.05, 3.63) is 64.7 Å². The van der Waals surface area contributed by atoms with Crippen LogP contribution in [0.1, 0.15) is 60.6 Å². The summed E-state index contributed by atoms with van der Waals surface area (Å²) in [4.78, 5) is 29.2. The molecule has 3 atom stereocenters. The van der Waals surface area contributed by atoms with Crippen LogP contribution in [0.5, 0.6) is 0 Å². The molecule has 0 spiro atoms. The van der Waals surface area contributed by atoms with Crippen LogP contribution in [-0.2, 0) is 0 Å². The summed E-state index contributed by atoms with van der Waals surface area (Å²) in [7, 11) is 0. The molecule has 1 aliphatic carbocycles. The number of piperazine rings is 1. The lowest BCUT2D eigenvalue weighted by molar-refractivity contribution is 0.0956. The Hall–Kier alpha value is -3.56. The highest BCUT2D eigenvalue weighted by atomic mass is 16.2. The van der Waals surface area contributed by atoms with Crippen LogP contribution in [0.15, 0.2) is 58.3 Å². The van der Waals surface area contributed by atoms with Crippen LogP contribution in [0, 0.1) is 0 Å². The number of nitrogens with zero attached hydrogens (tertiary/aromatic N) is 5. The van der Waals surface area contributed by atoms with Gasteiger partial charge in [-0.25, -0.2) is 14.8 Å². The van der Waals surface area contributed by atoms with Crippen LogP contribution >= 0.6 is 0 Å². The zero-order valence-corrected chi connectivity index (χ0v) is 21.4. The van der Waals surface area contributed by atoms with Gasteiger partial charge in [-0.15, -0.1) is 0 Å². The first-order valence-corrected chi connectivity index (χ1v) is 13.2. The number of azo groups is 1. The highest BCUT2D eigenvalue weighted by molar-refractivity contribution is 6.22. The van der Waals surface area contributed by atoms with Gasteiger partial charge in [-0.3, -0.25) is 4.79 Å². The Morgan fingerprint density at radius 3 is 2.43 bits per heavy atom. The van der Waals surface area contributed by atoms with E-state index in [9.17, 15) is 9.59 Å². The molecule has 2 saturated heterocycles. The second-order valence-electron chi connectivity index (χ2n) is 10.4. The van der Waals surface area contributed by atoms with Crippen molar-refractivity contribution in [3.8, 4) is 0 Å². The summed E-state index contributed by atoms with van der Waals surface area (Å²) in [5, 5.41) is 15.9. The van der Waals surface area contributed by atoms with E-state index in [1.54, 1.807) is 0 Å². The molecule has 9 heteroatoms. The maximum absolute atomic E-state index is 14.0. The Morgan fingerprint density at radius 2 is 1.76 bits per heavy atom. The van der Waals surface area contributed by atoms with Crippen LogP contribution in [0.25, 0.3) is 5.70 Å². The van der Waals surface area contributed by atoms with Gasteiger partial charge < -0.3 is 16.0 Å². The van der Waals surface area contributed by atoms with Crippen LogP contribution in [0.3, 0.4) is 0 Å². The number of benzene rings is 2. The number of ketones is 1. The molecule has 0 radical (unpaired) electrons. The van der Waals surface area contributed by atoms with Crippen molar-refractivity contribution < 1.29 is 9.59 Å². The molecule has 9 nitrogen and oxygen atoms in total. The van der Waals surface area contributed by atoms with E-state index in [1.165, 1.54) is 5.01 Å². The smallest absolute Gasteiger partial charge is 0.334 e. The molecule has 4 aliphatic rings. The third-order valence-electron chi connectivity index (χ3n) is 8.08. The summed E-state index contributed by atoms with van der Waals surface area (Å²) < 4.78 is 0. The molecule has 3 aliphatic heterocycles. The predicted molar refractivity (Wildman–Crippen MR) is 143 cm³/mol. The zero-order chi connectivity index (χ0) is 25.7.